The number of anilines is 1. The highest BCUT2D eigenvalue weighted by Crippen LogP contribution is 2.13. The number of aromatic nitrogens is 2. The SMILES string of the molecule is COCc1ccc(NCc2ncc(Cl)n2C)cc1. The molecule has 5 heteroatoms. The maximum absolute atomic E-state index is 5.93. The molecule has 2 rings (SSSR count). The standard InChI is InChI=1S/C13H16ClN3O/c1-17-12(14)7-16-13(17)8-15-11-5-3-10(4-6-11)9-18-2/h3-7,15H,8-9H2,1-2H3. The van der Waals surface area contributed by atoms with Crippen LogP contribution in [-0.2, 0) is 24.9 Å². The van der Waals surface area contributed by atoms with Gasteiger partial charge in [0.05, 0.1) is 19.3 Å². The molecule has 0 spiro atoms. The van der Waals surface area contributed by atoms with E-state index in [2.05, 4.69) is 10.3 Å². The third kappa shape index (κ3) is 3.03. The number of nitrogens with zero attached hydrogens (tertiary/aromatic N) is 2. The van der Waals surface area contributed by atoms with Crippen molar-refractivity contribution < 1.29 is 4.74 Å². The number of nitrogens with one attached hydrogen (secondary N) is 1. The lowest BCUT2D eigenvalue weighted by Gasteiger charge is -2.07. The summed E-state index contributed by atoms with van der Waals surface area (Å²) < 4.78 is 6.92. The molecule has 0 amide bonds. The van der Waals surface area contributed by atoms with Crippen LogP contribution >= 0.6 is 11.6 Å². The molecule has 1 aromatic heterocycles. The van der Waals surface area contributed by atoms with Crippen molar-refractivity contribution in [2.45, 2.75) is 13.2 Å². The molecule has 0 bridgehead atoms. The zero-order valence-electron chi connectivity index (χ0n) is 10.5. The Balaban J connectivity index is 1.96. The van der Waals surface area contributed by atoms with Crippen LogP contribution in [0.3, 0.4) is 0 Å². The van der Waals surface area contributed by atoms with Crippen molar-refractivity contribution in [1.29, 1.82) is 0 Å². The number of halogens is 1. The summed E-state index contributed by atoms with van der Waals surface area (Å²) in [5, 5.41) is 3.94. The molecule has 0 aliphatic carbocycles. The molecule has 1 N–H and O–H groups in total. The highest BCUT2D eigenvalue weighted by atomic mass is 35.5. The minimum absolute atomic E-state index is 0.634. The summed E-state index contributed by atoms with van der Waals surface area (Å²) in [5.74, 6) is 0.904. The van der Waals surface area contributed by atoms with E-state index in [-0.39, 0.29) is 0 Å². The largest absolute Gasteiger partial charge is 0.380 e. The van der Waals surface area contributed by atoms with Crippen LogP contribution in [0.5, 0.6) is 0 Å². The Bertz CT molecular complexity index is 507. The highest BCUT2D eigenvalue weighted by molar-refractivity contribution is 6.29. The van der Waals surface area contributed by atoms with Crippen molar-refractivity contribution in [1.82, 2.24) is 9.55 Å². The molecule has 0 atom stereocenters. The number of ether oxygens (including phenoxy) is 1. The molecule has 0 saturated heterocycles. The molecule has 2 aromatic rings. The second kappa shape index (κ2) is 5.89. The average Bonchev–Trinajstić information content (AvgIpc) is 2.70. The van der Waals surface area contributed by atoms with E-state index in [0.717, 1.165) is 17.1 Å². The Morgan fingerprint density at radius 3 is 2.61 bits per heavy atom. The zero-order valence-corrected chi connectivity index (χ0v) is 11.2. The molecule has 0 aliphatic rings. The van der Waals surface area contributed by atoms with E-state index in [1.54, 1.807) is 13.3 Å². The summed E-state index contributed by atoms with van der Waals surface area (Å²) in [6.45, 7) is 1.28. The average molecular weight is 266 g/mol. The van der Waals surface area contributed by atoms with Gasteiger partial charge in [0.2, 0.25) is 0 Å². The maximum Gasteiger partial charge on any atom is 0.128 e. The quantitative estimate of drug-likeness (QED) is 0.904. The molecule has 0 fully saturated rings. The third-order valence-corrected chi connectivity index (χ3v) is 3.09. The zero-order chi connectivity index (χ0) is 13.0. The first kappa shape index (κ1) is 12.9. The minimum Gasteiger partial charge on any atom is -0.380 e. The first-order valence-electron chi connectivity index (χ1n) is 5.68. The minimum atomic E-state index is 0.634. The second-order valence-corrected chi connectivity index (χ2v) is 4.43. The van der Waals surface area contributed by atoms with Crippen molar-refractivity contribution in [2.75, 3.05) is 12.4 Å². The third-order valence-electron chi connectivity index (χ3n) is 2.74. The van der Waals surface area contributed by atoms with Gasteiger partial charge >= 0.3 is 0 Å². The molecule has 0 unspecified atom stereocenters. The lowest BCUT2D eigenvalue weighted by Crippen LogP contribution is -2.06. The highest BCUT2D eigenvalue weighted by Gasteiger charge is 2.03. The fraction of sp³-hybridized carbons (Fsp3) is 0.308. The van der Waals surface area contributed by atoms with Crippen LogP contribution in [0.4, 0.5) is 5.69 Å². The van der Waals surface area contributed by atoms with Crippen molar-refractivity contribution in [3.63, 3.8) is 0 Å². The van der Waals surface area contributed by atoms with Crippen molar-refractivity contribution >= 4 is 17.3 Å². The molecule has 0 aliphatic heterocycles. The lowest BCUT2D eigenvalue weighted by molar-refractivity contribution is 0.185. The van der Waals surface area contributed by atoms with Crippen LogP contribution < -0.4 is 5.32 Å². The normalized spacial score (nSPS) is 10.6. The summed E-state index contributed by atoms with van der Waals surface area (Å²) >= 11 is 5.93. The molecule has 1 heterocycles. The monoisotopic (exact) mass is 265 g/mol. The van der Waals surface area contributed by atoms with Crippen LogP contribution in [0.1, 0.15) is 11.4 Å². The number of benzene rings is 1. The molecule has 0 saturated carbocycles. The summed E-state index contributed by atoms with van der Waals surface area (Å²) in [5.41, 5.74) is 2.21. The predicted octanol–water partition coefficient (Wildman–Crippen LogP) is 2.83. The number of hydrogen-bond donors (Lipinski definition) is 1. The van der Waals surface area contributed by atoms with Crippen LogP contribution in [0, 0.1) is 0 Å². The van der Waals surface area contributed by atoms with Crippen LogP contribution in [-0.4, -0.2) is 16.7 Å². The number of hydrogen-bond acceptors (Lipinski definition) is 3. The smallest absolute Gasteiger partial charge is 0.128 e. The van der Waals surface area contributed by atoms with Crippen LogP contribution in [0.25, 0.3) is 0 Å². The molecule has 4 nitrogen and oxygen atoms in total. The van der Waals surface area contributed by atoms with Gasteiger partial charge in [0.25, 0.3) is 0 Å². The molecule has 18 heavy (non-hydrogen) atoms. The first-order valence-corrected chi connectivity index (χ1v) is 6.06. The second-order valence-electron chi connectivity index (χ2n) is 4.04. The Labute approximate surface area is 112 Å². The van der Waals surface area contributed by atoms with Gasteiger partial charge in [-0.25, -0.2) is 4.98 Å². The molecule has 1 aromatic carbocycles. The maximum atomic E-state index is 5.93. The van der Waals surface area contributed by atoms with Gasteiger partial charge in [-0.15, -0.1) is 0 Å². The van der Waals surface area contributed by atoms with Gasteiger partial charge in [-0.1, -0.05) is 23.7 Å². The van der Waals surface area contributed by atoms with E-state index in [9.17, 15) is 0 Å². The summed E-state index contributed by atoms with van der Waals surface area (Å²) in [6, 6.07) is 8.13. The Morgan fingerprint density at radius 2 is 2.06 bits per heavy atom. The van der Waals surface area contributed by atoms with Gasteiger partial charge in [0.1, 0.15) is 11.0 Å². The molecular formula is C13H16ClN3O. The Hall–Kier alpha value is -1.52. The van der Waals surface area contributed by atoms with Gasteiger partial charge in [-0.3, -0.25) is 0 Å². The van der Waals surface area contributed by atoms with E-state index in [0.29, 0.717) is 18.3 Å². The number of rotatable bonds is 5. The Kier molecular flexibility index (Phi) is 4.23. The molecular weight excluding hydrogens is 250 g/mol. The lowest BCUT2D eigenvalue weighted by atomic mass is 10.2. The van der Waals surface area contributed by atoms with Gasteiger partial charge in [0, 0.05) is 19.8 Å². The predicted molar refractivity (Wildman–Crippen MR) is 72.7 cm³/mol. The number of imidazole rings is 1. The van der Waals surface area contributed by atoms with E-state index in [1.807, 2.05) is 35.9 Å². The van der Waals surface area contributed by atoms with E-state index < -0.39 is 0 Å². The van der Waals surface area contributed by atoms with Crippen LogP contribution in [0.2, 0.25) is 5.15 Å². The number of methoxy groups -OCH3 is 1. The van der Waals surface area contributed by atoms with E-state index >= 15 is 0 Å². The van der Waals surface area contributed by atoms with Gasteiger partial charge < -0.3 is 14.6 Å². The van der Waals surface area contributed by atoms with E-state index in [4.69, 9.17) is 16.3 Å². The van der Waals surface area contributed by atoms with Gasteiger partial charge in [0.15, 0.2) is 0 Å². The molecule has 96 valence electrons. The fourth-order valence-electron chi connectivity index (χ4n) is 1.66. The van der Waals surface area contributed by atoms with Crippen LogP contribution in [0.15, 0.2) is 30.5 Å². The summed E-state index contributed by atoms with van der Waals surface area (Å²) in [6.07, 6.45) is 1.65. The Morgan fingerprint density at radius 1 is 1.33 bits per heavy atom. The topological polar surface area (TPSA) is 39.1 Å². The van der Waals surface area contributed by atoms with Crippen molar-refractivity contribution in [3.05, 3.63) is 47.0 Å². The summed E-state index contributed by atoms with van der Waals surface area (Å²) in [4.78, 5) is 4.23. The fourth-order valence-corrected chi connectivity index (χ4v) is 1.80. The van der Waals surface area contributed by atoms with E-state index in [1.165, 1.54) is 0 Å². The summed E-state index contributed by atoms with van der Waals surface area (Å²) in [7, 11) is 3.59. The molecule has 0 radical (unpaired) electrons. The van der Waals surface area contributed by atoms with Gasteiger partial charge in [-0.05, 0) is 17.7 Å². The first-order chi connectivity index (χ1) is 8.70. The van der Waals surface area contributed by atoms with Crippen molar-refractivity contribution in [3.8, 4) is 0 Å². The van der Waals surface area contributed by atoms with Crippen molar-refractivity contribution in [2.24, 2.45) is 7.05 Å². The van der Waals surface area contributed by atoms with Gasteiger partial charge in [-0.2, -0.15) is 0 Å².